The lowest BCUT2D eigenvalue weighted by molar-refractivity contribution is -0.156. The van der Waals surface area contributed by atoms with Gasteiger partial charge in [-0.2, -0.15) is 0 Å². The summed E-state index contributed by atoms with van der Waals surface area (Å²) < 4.78 is 5.36. The number of hydrogen-bond donors (Lipinski definition) is 1. The van der Waals surface area contributed by atoms with Crippen LogP contribution in [-0.4, -0.2) is 34.1 Å². The molecule has 0 aliphatic carbocycles. The number of carbonyl (C=O) groups is 2. The van der Waals surface area contributed by atoms with Gasteiger partial charge in [0.2, 0.25) is 5.13 Å². The fraction of sp³-hybridized carbons (Fsp3) is 0.714. The fourth-order valence-electron chi connectivity index (χ4n) is 2.52. The van der Waals surface area contributed by atoms with Crippen molar-refractivity contribution in [2.45, 2.75) is 51.6 Å². The third kappa shape index (κ3) is 4.00. The van der Waals surface area contributed by atoms with Gasteiger partial charge >= 0.3 is 5.97 Å². The topological polar surface area (TPSA) is 81.2 Å². The highest BCUT2D eigenvalue weighted by Crippen LogP contribution is 2.34. The van der Waals surface area contributed by atoms with E-state index in [-0.39, 0.29) is 24.2 Å². The summed E-state index contributed by atoms with van der Waals surface area (Å²) in [6.45, 7) is 3.93. The molecule has 1 aliphatic rings. The fourth-order valence-corrected chi connectivity index (χ4v) is 2.97. The van der Waals surface area contributed by atoms with Gasteiger partial charge in [0.25, 0.3) is 0 Å². The van der Waals surface area contributed by atoms with Crippen LogP contribution in [0, 0.1) is 5.92 Å². The van der Waals surface area contributed by atoms with E-state index >= 15 is 0 Å². The molecule has 7 heteroatoms. The Hall–Kier alpha value is -1.50. The summed E-state index contributed by atoms with van der Waals surface area (Å²) in [5.74, 6) is -0.506. The van der Waals surface area contributed by atoms with Crippen molar-refractivity contribution in [1.29, 1.82) is 0 Å². The van der Waals surface area contributed by atoms with Crippen molar-refractivity contribution in [3.8, 4) is 0 Å². The molecule has 116 valence electrons. The number of ether oxygens (including phenoxy) is 1. The minimum absolute atomic E-state index is 0.0979. The highest BCUT2D eigenvalue weighted by Gasteiger charge is 2.47. The van der Waals surface area contributed by atoms with Gasteiger partial charge in [0.15, 0.2) is 11.4 Å². The van der Waals surface area contributed by atoms with Crippen LogP contribution in [0.1, 0.15) is 46.0 Å². The van der Waals surface area contributed by atoms with E-state index < -0.39 is 5.60 Å². The molecule has 1 aliphatic heterocycles. The Kier molecular flexibility index (Phi) is 5.27. The minimum atomic E-state index is -1.01. The van der Waals surface area contributed by atoms with E-state index in [1.807, 2.05) is 0 Å². The largest absolute Gasteiger partial charge is 0.451 e. The Morgan fingerprint density at radius 2 is 2.38 bits per heavy atom. The molecule has 0 spiro atoms. The highest BCUT2D eigenvalue weighted by atomic mass is 32.1. The third-order valence-electron chi connectivity index (χ3n) is 3.80. The monoisotopic (exact) mass is 311 g/mol. The number of cyclic esters (lactones) is 1. The van der Waals surface area contributed by atoms with E-state index in [1.165, 1.54) is 11.3 Å². The van der Waals surface area contributed by atoms with Crippen LogP contribution in [0.3, 0.4) is 0 Å². The lowest BCUT2D eigenvalue weighted by Gasteiger charge is -2.20. The molecule has 21 heavy (non-hydrogen) atoms. The zero-order chi connectivity index (χ0) is 15.3. The molecule has 0 bridgehead atoms. The third-order valence-corrected chi connectivity index (χ3v) is 4.45. The van der Waals surface area contributed by atoms with E-state index in [2.05, 4.69) is 22.4 Å². The summed E-state index contributed by atoms with van der Waals surface area (Å²) in [6, 6.07) is 0. The molecule has 2 atom stereocenters. The van der Waals surface area contributed by atoms with Crippen LogP contribution in [0.15, 0.2) is 5.51 Å². The van der Waals surface area contributed by atoms with Crippen molar-refractivity contribution in [3.63, 3.8) is 0 Å². The van der Waals surface area contributed by atoms with Crippen molar-refractivity contribution in [1.82, 2.24) is 10.2 Å². The molecule has 2 rings (SSSR count). The van der Waals surface area contributed by atoms with E-state index in [0.717, 1.165) is 25.7 Å². The zero-order valence-corrected chi connectivity index (χ0v) is 13.2. The average molecular weight is 311 g/mol. The van der Waals surface area contributed by atoms with Gasteiger partial charge in [-0.05, 0) is 13.3 Å². The predicted molar refractivity (Wildman–Crippen MR) is 80.2 cm³/mol. The second kappa shape index (κ2) is 6.98. The summed E-state index contributed by atoms with van der Waals surface area (Å²) >= 11 is 1.33. The van der Waals surface area contributed by atoms with Gasteiger partial charge < -0.3 is 10.1 Å². The number of unbranched alkanes of at least 4 members (excludes halogenated alkanes) is 2. The SMILES string of the molecule is CCCCC[C@H]1C[C@](C)(C(=O)CNc2nncs2)OC1=O. The first-order valence-electron chi connectivity index (χ1n) is 7.31. The average Bonchev–Trinajstić information content (AvgIpc) is 3.06. The molecule has 0 unspecified atom stereocenters. The molecule has 0 radical (unpaired) electrons. The smallest absolute Gasteiger partial charge is 0.310 e. The number of carbonyl (C=O) groups excluding carboxylic acids is 2. The normalized spacial score (nSPS) is 24.9. The number of rotatable bonds is 8. The first-order valence-corrected chi connectivity index (χ1v) is 8.19. The van der Waals surface area contributed by atoms with Gasteiger partial charge in [0.1, 0.15) is 5.51 Å². The Labute approximate surface area is 128 Å². The van der Waals surface area contributed by atoms with Crippen molar-refractivity contribution < 1.29 is 14.3 Å². The number of nitrogens with zero attached hydrogens (tertiary/aromatic N) is 2. The number of Topliss-reactive ketones (excluding diaryl/α,β-unsaturated/α-hetero) is 1. The van der Waals surface area contributed by atoms with Crippen LogP contribution in [0.25, 0.3) is 0 Å². The zero-order valence-electron chi connectivity index (χ0n) is 12.4. The molecule has 2 heterocycles. The molecule has 1 N–H and O–H groups in total. The summed E-state index contributed by atoms with van der Waals surface area (Å²) in [6.07, 6.45) is 4.51. The molecule has 1 aromatic rings. The first kappa shape index (κ1) is 15.9. The molecule has 6 nitrogen and oxygen atoms in total. The van der Waals surface area contributed by atoms with Crippen molar-refractivity contribution in [3.05, 3.63) is 5.51 Å². The van der Waals surface area contributed by atoms with Gasteiger partial charge in [-0.1, -0.05) is 37.5 Å². The van der Waals surface area contributed by atoms with E-state index in [9.17, 15) is 9.59 Å². The molecule has 1 saturated heterocycles. The summed E-state index contributed by atoms with van der Waals surface area (Å²) in [4.78, 5) is 24.2. The molecule has 0 aromatic carbocycles. The predicted octanol–water partition coefficient (Wildman–Crippen LogP) is 2.42. The van der Waals surface area contributed by atoms with Crippen LogP contribution in [0.5, 0.6) is 0 Å². The summed E-state index contributed by atoms with van der Waals surface area (Å²) in [5, 5.41) is 11.0. The second-order valence-electron chi connectivity index (χ2n) is 5.57. The molecule has 0 amide bonds. The minimum Gasteiger partial charge on any atom is -0.451 e. The van der Waals surface area contributed by atoms with E-state index in [1.54, 1.807) is 12.4 Å². The van der Waals surface area contributed by atoms with Crippen LogP contribution >= 0.6 is 11.3 Å². The molecule has 0 saturated carbocycles. The van der Waals surface area contributed by atoms with Crippen LogP contribution in [-0.2, 0) is 14.3 Å². The maximum atomic E-state index is 12.3. The first-order chi connectivity index (χ1) is 10.0. The number of aromatic nitrogens is 2. The maximum absolute atomic E-state index is 12.3. The van der Waals surface area contributed by atoms with Gasteiger partial charge in [0, 0.05) is 6.42 Å². The number of hydrogen-bond acceptors (Lipinski definition) is 7. The number of nitrogens with one attached hydrogen (secondary N) is 1. The van der Waals surface area contributed by atoms with Gasteiger partial charge in [-0.25, -0.2) is 0 Å². The summed E-state index contributed by atoms with van der Waals surface area (Å²) in [5.41, 5.74) is 0.583. The lowest BCUT2D eigenvalue weighted by atomic mass is 9.89. The van der Waals surface area contributed by atoms with Crippen LogP contribution in [0.2, 0.25) is 0 Å². The van der Waals surface area contributed by atoms with Gasteiger partial charge in [0.05, 0.1) is 12.5 Å². The van der Waals surface area contributed by atoms with Gasteiger partial charge in [-0.15, -0.1) is 10.2 Å². The van der Waals surface area contributed by atoms with Crippen LogP contribution < -0.4 is 5.32 Å². The van der Waals surface area contributed by atoms with Crippen LogP contribution in [0.4, 0.5) is 5.13 Å². The van der Waals surface area contributed by atoms with E-state index in [0.29, 0.717) is 11.6 Å². The number of anilines is 1. The van der Waals surface area contributed by atoms with Gasteiger partial charge in [-0.3, -0.25) is 9.59 Å². The van der Waals surface area contributed by atoms with E-state index in [4.69, 9.17) is 4.74 Å². The highest BCUT2D eigenvalue weighted by molar-refractivity contribution is 7.13. The maximum Gasteiger partial charge on any atom is 0.310 e. The second-order valence-corrected chi connectivity index (χ2v) is 6.40. The number of esters is 1. The lowest BCUT2D eigenvalue weighted by Crippen LogP contribution is -2.39. The Morgan fingerprint density at radius 3 is 3.05 bits per heavy atom. The Morgan fingerprint density at radius 1 is 1.57 bits per heavy atom. The quantitative estimate of drug-likeness (QED) is 0.586. The molecule has 1 fully saturated rings. The van der Waals surface area contributed by atoms with Crippen molar-refractivity contribution >= 4 is 28.2 Å². The van der Waals surface area contributed by atoms with Crippen molar-refractivity contribution in [2.75, 3.05) is 11.9 Å². The molecular formula is C14H21N3O3S. The Balaban J connectivity index is 1.86. The molecule has 1 aromatic heterocycles. The Bertz CT molecular complexity index is 492. The summed E-state index contributed by atoms with van der Waals surface area (Å²) in [7, 11) is 0. The standard InChI is InChI=1S/C14H21N3O3S/c1-3-4-5-6-10-7-14(2,20-12(10)19)11(18)8-15-13-17-16-9-21-13/h9-10H,3-8H2,1-2H3,(H,15,17)/t10-,14+/m0/s1. The van der Waals surface area contributed by atoms with Crippen molar-refractivity contribution in [2.24, 2.45) is 5.92 Å². The molecular weight excluding hydrogens is 290 g/mol. The number of ketones is 1.